The minimum absolute atomic E-state index is 0.195. The molecule has 0 spiro atoms. The number of anilines is 1. The van der Waals surface area contributed by atoms with Crippen LogP contribution in [0.15, 0.2) is 36.5 Å². The number of amides is 1. The van der Waals surface area contributed by atoms with Crippen molar-refractivity contribution in [1.82, 2.24) is 19.6 Å². The van der Waals surface area contributed by atoms with Crippen LogP contribution >= 0.6 is 0 Å². The number of carbonyl (C=O) groups excluding carboxylic acids is 1. The van der Waals surface area contributed by atoms with Crippen LogP contribution in [0, 0.1) is 6.92 Å². The summed E-state index contributed by atoms with van der Waals surface area (Å²) in [4.78, 5) is 12.7. The van der Waals surface area contributed by atoms with Crippen molar-refractivity contribution in [3.05, 3.63) is 59.0 Å². The van der Waals surface area contributed by atoms with Crippen molar-refractivity contribution in [2.45, 2.75) is 26.2 Å². The second-order valence-corrected chi connectivity index (χ2v) is 6.16. The molecule has 1 aliphatic rings. The van der Waals surface area contributed by atoms with Crippen molar-refractivity contribution in [2.24, 2.45) is 7.05 Å². The van der Waals surface area contributed by atoms with Crippen LogP contribution in [-0.2, 0) is 19.9 Å². The molecule has 24 heavy (non-hydrogen) atoms. The Morgan fingerprint density at radius 2 is 1.96 bits per heavy atom. The Hall–Kier alpha value is -2.89. The van der Waals surface area contributed by atoms with Crippen LogP contribution in [0.4, 0.5) is 5.82 Å². The maximum Gasteiger partial charge on any atom is 0.277 e. The van der Waals surface area contributed by atoms with Crippen LogP contribution in [0.5, 0.6) is 0 Å². The highest BCUT2D eigenvalue weighted by Crippen LogP contribution is 2.31. The van der Waals surface area contributed by atoms with Crippen LogP contribution in [0.1, 0.15) is 33.7 Å². The van der Waals surface area contributed by atoms with E-state index in [4.69, 9.17) is 5.10 Å². The fourth-order valence-electron chi connectivity index (χ4n) is 3.27. The molecule has 0 radical (unpaired) electrons. The lowest BCUT2D eigenvalue weighted by Gasteiger charge is -2.10. The number of aryl methyl sites for hydroxylation is 3. The van der Waals surface area contributed by atoms with E-state index in [0.29, 0.717) is 5.69 Å². The first-order chi connectivity index (χ1) is 11.6. The Bertz CT molecular complexity index is 907. The van der Waals surface area contributed by atoms with Crippen LogP contribution in [-0.4, -0.2) is 25.5 Å². The first-order valence-corrected chi connectivity index (χ1v) is 8.11. The van der Waals surface area contributed by atoms with Gasteiger partial charge in [0.1, 0.15) is 5.82 Å². The summed E-state index contributed by atoms with van der Waals surface area (Å²) in [6.45, 7) is 1.89. The lowest BCUT2D eigenvalue weighted by molar-refractivity contribution is 0.102. The zero-order valence-corrected chi connectivity index (χ0v) is 13.8. The van der Waals surface area contributed by atoms with Gasteiger partial charge in [-0.2, -0.15) is 10.2 Å². The number of fused-ring (bicyclic) bond motifs is 1. The smallest absolute Gasteiger partial charge is 0.277 e. The van der Waals surface area contributed by atoms with Gasteiger partial charge in [-0.05, 0) is 38.3 Å². The van der Waals surface area contributed by atoms with Crippen LogP contribution < -0.4 is 5.32 Å². The topological polar surface area (TPSA) is 64.7 Å². The summed E-state index contributed by atoms with van der Waals surface area (Å²) < 4.78 is 3.49. The number of nitrogens with one attached hydrogen (secondary N) is 1. The van der Waals surface area contributed by atoms with Crippen molar-refractivity contribution in [3.8, 4) is 5.69 Å². The van der Waals surface area contributed by atoms with Gasteiger partial charge < -0.3 is 5.32 Å². The van der Waals surface area contributed by atoms with Gasteiger partial charge in [0.05, 0.1) is 11.4 Å². The number of aromatic nitrogens is 4. The Kier molecular flexibility index (Phi) is 3.45. The van der Waals surface area contributed by atoms with E-state index in [1.54, 1.807) is 4.68 Å². The maximum absolute atomic E-state index is 12.7. The standard InChI is InChI=1S/C18H19N5O/c1-12-11-22(2)21-16(12)18(24)19-17-14-9-6-10-15(14)20-23(17)13-7-4-3-5-8-13/h3-5,7-8,11H,6,9-10H2,1-2H3,(H,19,24). The molecular formula is C18H19N5O. The summed E-state index contributed by atoms with van der Waals surface area (Å²) in [7, 11) is 1.82. The third-order valence-electron chi connectivity index (χ3n) is 4.37. The summed E-state index contributed by atoms with van der Waals surface area (Å²) in [5, 5.41) is 12.0. The molecule has 6 heteroatoms. The highest BCUT2D eigenvalue weighted by Gasteiger charge is 2.25. The van der Waals surface area contributed by atoms with E-state index < -0.39 is 0 Å². The summed E-state index contributed by atoms with van der Waals surface area (Å²) in [6.07, 6.45) is 4.83. The van der Waals surface area contributed by atoms with E-state index in [1.165, 1.54) is 0 Å². The van der Waals surface area contributed by atoms with E-state index in [9.17, 15) is 4.79 Å². The van der Waals surface area contributed by atoms with Gasteiger partial charge >= 0.3 is 0 Å². The van der Waals surface area contributed by atoms with Gasteiger partial charge in [-0.15, -0.1) is 0 Å². The van der Waals surface area contributed by atoms with Gasteiger partial charge in [0.2, 0.25) is 0 Å². The quantitative estimate of drug-likeness (QED) is 0.806. The Morgan fingerprint density at radius 3 is 2.67 bits per heavy atom. The van der Waals surface area contributed by atoms with E-state index in [-0.39, 0.29) is 5.91 Å². The van der Waals surface area contributed by atoms with Crippen molar-refractivity contribution in [3.63, 3.8) is 0 Å². The average Bonchev–Trinajstić information content (AvgIpc) is 3.24. The molecule has 0 fully saturated rings. The van der Waals surface area contributed by atoms with Crippen LogP contribution in [0.2, 0.25) is 0 Å². The number of carbonyl (C=O) groups is 1. The number of nitrogens with zero attached hydrogens (tertiary/aromatic N) is 4. The molecule has 0 saturated carbocycles. The normalized spacial score (nSPS) is 13.1. The Balaban J connectivity index is 1.75. The third-order valence-corrected chi connectivity index (χ3v) is 4.37. The molecule has 0 aliphatic heterocycles. The van der Waals surface area contributed by atoms with Gasteiger partial charge in [-0.3, -0.25) is 9.48 Å². The summed E-state index contributed by atoms with van der Waals surface area (Å²) in [5.74, 6) is 0.573. The summed E-state index contributed by atoms with van der Waals surface area (Å²) in [5.41, 5.74) is 4.47. The number of benzene rings is 1. The zero-order valence-electron chi connectivity index (χ0n) is 13.8. The van der Waals surface area contributed by atoms with Crippen molar-refractivity contribution in [2.75, 3.05) is 5.32 Å². The number of hydrogen-bond donors (Lipinski definition) is 1. The average molecular weight is 321 g/mol. The Labute approximate surface area is 140 Å². The second-order valence-electron chi connectivity index (χ2n) is 6.16. The molecule has 0 saturated heterocycles. The molecule has 2 aromatic heterocycles. The molecule has 0 bridgehead atoms. The van der Waals surface area contributed by atoms with Crippen LogP contribution in [0.3, 0.4) is 0 Å². The lowest BCUT2D eigenvalue weighted by atomic mass is 10.2. The predicted molar refractivity (Wildman–Crippen MR) is 91.5 cm³/mol. The van der Waals surface area contributed by atoms with E-state index in [2.05, 4.69) is 10.4 Å². The lowest BCUT2D eigenvalue weighted by Crippen LogP contribution is -2.18. The zero-order chi connectivity index (χ0) is 16.7. The molecule has 4 rings (SSSR count). The minimum atomic E-state index is -0.195. The van der Waals surface area contributed by atoms with Gasteiger partial charge in [0.15, 0.2) is 5.69 Å². The number of para-hydroxylation sites is 1. The first kappa shape index (κ1) is 14.7. The minimum Gasteiger partial charge on any atom is -0.305 e. The molecular weight excluding hydrogens is 302 g/mol. The number of rotatable bonds is 3. The van der Waals surface area contributed by atoms with Gasteiger partial charge in [-0.25, -0.2) is 4.68 Å². The van der Waals surface area contributed by atoms with Gasteiger partial charge in [0.25, 0.3) is 5.91 Å². The molecule has 2 heterocycles. The highest BCUT2D eigenvalue weighted by molar-refractivity contribution is 6.04. The molecule has 1 aromatic carbocycles. The maximum atomic E-state index is 12.7. The van der Waals surface area contributed by atoms with E-state index in [1.807, 2.05) is 55.2 Å². The molecule has 1 amide bonds. The third kappa shape index (κ3) is 2.40. The fourth-order valence-corrected chi connectivity index (χ4v) is 3.27. The molecule has 6 nitrogen and oxygen atoms in total. The predicted octanol–water partition coefficient (Wildman–Crippen LogP) is 2.66. The van der Waals surface area contributed by atoms with E-state index in [0.717, 1.165) is 47.6 Å². The summed E-state index contributed by atoms with van der Waals surface area (Å²) >= 11 is 0. The largest absolute Gasteiger partial charge is 0.305 e. The Morgan fingerprint density at radius 1 is 1.17 bits per heavy atom. The fraction of sp³-hybridized carbons (Fsp3) is 0.278. The van der Waals surface area contributed by atoms with Crippen molar-refractivity contribution >= 4 is 11.7 Å². The van der Waals surface area contributed by atoms with Crippen LogP contribution in [0.25, 0.3) is 5.69 Å². The molecule has 1 aliphatic carbocycles. The van der Waals surface area contributed by atoms with Crippen molar-refractivity contribution < 1.29 is 4.79 Å². The SMILES string of the molecule is Cc1cn(C)nc1C(=O)Nc1c2c(nn1-c1ccccc1)CCC2. The highest BCUT2D eigenvalue weighted by atomic mass is 16.2. The van der Waals surface area contributed by atoms with Gasteiger partial charge in [0, 0.05) is 24.4 Å². The molecule has 1 N–H and O–H groups in total. The number of hydrogen-bond acceptors (Lipinski definition) is 3. The molecule has 0 unspecified atom stereocenters. The van der Waals surface area contributed by atoms with Gasteiger partial charge in [-0.1, -0.05) is 18.2 Å². The van der Waals surface area contributed by atoms with E-state index >= 15 is 0 Å². The summed E-state index contributed by atoms with van der Waals surface area (Å²) in [6, 6.07) is 9.89. The molecule has 122 valence electrons. The first-order valence-electron chi connectivity index (χ1n) is 8.11. The molecule has 0 atom stereocenters. The van der Waals surface area contributed by atoms with Crippen molar-refractivity contribution in [1.29, 1.82) is 0 Å². The second kappa shape index (κ2) is 5.63. The molecule has 3 aromatic rings. The monoisotopic (exact) mass is 321 g/mol.